The SMILES string of the molecule is Cn1c(=O)c2c(ncn2[C@H]2CN(C(=O)c3cccc(CN)c3)C[C@H](O)C[C@]2(C)O)n(C)c1=O. The van der Waals surface area contributed by atoms with Crippen molar-refractivity contribution >= 4 is 17.1 Å². The van der Waals surface area contributed by atoms with E-state index in [4.69, 9.17) is 5.73 Å². The topological polar surface area (TPSA) is 149 Å². The van der Waals surface area contributed by atoms with Crippen LogP contribution in [0.2, 0.25) is 0 Å². The van der Waals surface area contributed by atoms with Crippen LogP contribution in [0.4, 0.5) is 0 Å². The molecular weight excluding hydrogens is 428 g/mol. The summed E-state index contributed by atoms with van der Waals surface area (Å²) in [7, 11) is 2.88. The van der Waals surface area contributed by atoms with Gasteiger partial charge in [-0.25, -0.2) is 9.78 Å². The molecule has 2 aromatic heterocycles. The fourth-order valence-corrected chi connectivity index (χ4v) is 4.58. The zero-order valence-electron chi connectivity index (χ0n) is 18.8. The van der Waals surface area contributed by atoms with Crippen molar-refractivity contribution in [1.29, 1.82) is 0 Å². The number of aromatic nitrogens is 4. The minimum Gasteiger partial charge on any atom is -0.391 e. The second kappa shape index (κ2) is 8.25. The molecule has 0 bridgehead atoms. The number of carbonyl (C=O) groups excluding carboxylic acids is 1. The Morgan fingerprint density at radius 1 is 1.24 bits per heavy atom. The van der Waals surface area contributed by atoms with E-state index in [1.165, 1.54) is 34.5 Å². The maximum atomic E-state index is 13.3. The summed E-state index contributed by atoms with van der Waals surface area (Å²) in [5, 5.41) is 21.9. The minimum atomic E-state index is -1.47. The monoisotopic (exact) mass is 456 g/mol. The van der Waals surface area contributed by atoms with Crippen molar-refractivity contribution < 1.29 is 15.0 Å². The molecule has 0 saturated carbocycles. The normalized spacial score (nSPS) is 23.6. The maximum absolute atomic E-state index is 13.3. The molecule has 3 heterocycles. The van der Waals surface area contributed by atoms with Crippen LogP contribution < -0.4 is 17.0 Å². The van der Waals surface area contributed by atoms with Gasteiger partial charge in [0.2, 0.25) is 0 Å². The first-order valence-electron chi connectivity index (χ1n) is 10.7. The molecule has 4 rings (SSSR count). The standard InChI is InChI=1S/C22H28N6O5/c1-22(33)8-15(29)10-27(19(30)14-6-4-5-13(7-14)9-23)11-16(22)28-12-24-18-17(28)20(31)26(3)21(32)25(18)2/h4-7,12,15-16,29,33H,8-11,23H2,1-3H3/t15-,16+,22+/m1/s1. The van der Waals surface area contributed by atoms with Crippen LogP contribution in [0.15, 0.2) is 40.2 Å². The van der Waals surface area contributed by atoms with E-state index in [9.17, 15) is 24.6 Å². The lowest BCUT2D eigenvalue weighted by atomic mass is 9.91. The first-order valence-corrected chi connectivity index (χ1v) is 10.7. The highest BCUT2D eigenvalue weighted by atomic mass is 16.3. The van der Waals surface area contributed by atoms with E-state index >= 15 is 0 Å². The number of carbonyl (C=O) groups is 1. The van der Waals surface area contributed by atoms with Crippen LogP contribution in [-0.2, 0) is 20.6 Å². The van der Waals surface area contributed by atoms with Gasteiger partial charge in [0.15, 0.2) is 11.2 Å². The zero-order chi connectivity index (χ0) is 24.1. The molecule has 0 spiro atoms. The number of nitrogens with two attached hydrogens (primary N) is 1. The highest BCUT2D eigenvalue weighted by Crippen LogP contribution is 2.33. The van der Waals surface area contributed by atoms with Crippen LogP contribution in [0, 0.1) is 0 Å². The Morgan fingerprint density at radius 2 is 1.97 bits per heavy atom. The third kappa shape index (κ3) is 3.88. The van der Waals surface area contributed by atoms with Crippen molar-refractivity contribution in [3.8, 4) is 0 Å². The quantitative estimate of drug-likeness (QED) is 0.462. The number of rotatable bonds is 3. The van der Waals surface area contributed by atoms with Gasteiger partial charge in [0.05, 0.1) is 24.1 Å². The van der Waals surface area contributed by atoms with Gasteiger partial charge in [-0.2, -0.15) is 0 Å². The molecule has 1 fully saturated rings. The van der Waals surface area contributed by atoms with Crippen molar-refractivity contribution in [1.82, 2.24) is 23.6 Å². The van der Waals surface area contributed by atoms with Gasteiger partial charge in [0, 0.05) is 45.7 Å². The fraction of sp³-hybridized carbons (Fsp3) is 0.455. The van der Waals surface area contributed by atoms with Gasteiger partial charge in [-0.05, 0) is 24.6 Å². The van der Waals surface area contributed by atoms with Crippen LogP contribution in [0.5, 0.6) is 0 Å². The van der Waals surface area contributed by atoms with E-state index in [-0.39, 0.29) is 43.1 Å². The Labute approximate surface area is 189 Å². The summed E-state index contributed by atoms with van der Waals surface area (Å²) in [6, 6.07) is 6.13. The van der Waals surface area contributed by atoms with Crippen LogP contribution in [-0.4, -0.2) is 64.5 Å². The molecule has 11 nitrogen and oxygen atoms in total. The van der Waals surface area contributed by atoms with Gasteiger partial charge in [-0.3, -0.25) is 18.7 Å². The van der Waals surface area contributed by atoms with Gasteiger partial charge in [-0.15, -0.1) is 0 Å². The minimum absolute atomic E-state index is 0.0153. The highest BCUT2D eigenvalue weighted by molar-refractivity contribution is 5.94. The summed E-state index contributed by atoms with van der Waals surface area (Å²) in [5.74, 6) is -0.322. The van der Waals surface area contributed by atoms with E-state index in [0.717, 1.165) is 10.1 Å². The number of amides is 1. The molecule has 1 amide bonds. The highest BCUT2D eigenvalue weighted by Gasteiger charge is 2.42. The number of β-amino-alcohol motifs (C(OH)–C–C–N with tert-alkyl or cyclic N) is 1. The predicted octanol–water partition coefficient (Wildman–Crippen LogP) is -0.908. The third-order valence-corrected chi connectivity index (χ3v) is 6.40. The Hall–Kier alpha value is -3.28. The molecule has 0 radical (unpaired) electrons. The number of aliphatic hydroxyl groups excluding tert-OH is 1. The van der Waals surface area contributed by atoms with Crippen molar-refractivity contribution in [3.63, 3.8) is 0 Å². The van der Waals surface area contributed by atoms with Crippen LogP contribution >= 0.6 is 0 Å². The molecular formula is C22H28N6O5. The molecule has 11 heteroatoms. The summed E-state index contributed by atoms with van der Waals surface area (Å²) < 4.78 is 3.74. The molecule has 1 saturated heterocycles. The van der Waals surface area contributed by atoms with Crippen LogP contribution in [0.25, 0.3) is 11.2 Å². The number of benzene rings is 1. The van der Waals surface area contributed by atoms with Crippen LogP contribution in [0.3, 0.4) is 0 Å². The second-order valence-electron chi connectivity index (χ2n) is 8.88. The zero-order valence-corrected chi connectivity index (χ0v) is 18.8. The maximum Gasteiger partial charge on any atom is 0.332 e. The third-order valence-electron chi connectivity index (χ3n) is 6.40. The van der Waals surface area contributed by atoms with Gasteiger partial charge in [-0.1, -0.05) is 12.1 Å². The lowest BCUT2D eigenvalue weighted by molar-refractivity contribution is -0.0216. The van der Waals surface area contributed by atoms with Gasteiger partial charge in [0.1, 0.15) is 0 Å². The number of likely N-dealkylation sites (tertiary alicyclic amines) is 1. The summed E-state index contributed by atoms with van der Waals surface area (Å²) in [5.41, 5.74) is 4.69. The predicted molar refractivity (Wildman–Crippen MR) is 121 cm³/mol. The Morgan fingerprint density at radius 3 is 2.67 bits per heavy atom. The molecule has 0 unspecified atom stereocenters. The van der Waals surface area contributed by atoms with Crippen molar-refractivity contribution in [2.75, 3.05) is 13.1 Å². The summed E-state index contributed by atoms with van der Waals surface area (Å²) in [6.07, 6.45) is 0.393. The molecule has 3 aromatic rings. The number of nitrogens with zero attached hydrogens (tertiary/aromatic N) is 5. The Bertz CT molecular complexity index is 1340. The molecule has 176 valence electrons. The van der Waals surface area contributed by atoms with Gasteiger partial charge in [0.25, 0.3) is 11.5 Å². The molecule has 1 aliphatic heterocycles. The molecule has 1 aromatic carbocycles. The van der Waals surface area contributed by atoms with Crippen molar-refractivity contribution in [2.45, 2.75) is 37.6 Å². The van der Waals surface area contributed by atoms with E-state index in [1.807, 2.05) is 6.07 Å². The fourth-order valence-electron chi connectivity index (χ4n) is 4.58. The molecule has 1 aliphatic rings. The smallest absolute Gasteiger partial charge is 0.332 e. The first kappa shape index (κ1) is 22.9. The largest absolute Gasteiger partial charge is 0.391 e. The number of fused-ring (bicyclic) bond motifs is 1. The second-order valence-corrected chi connectivity index (χ2v) is 8.88. The van der Waals surface area contributed by atoms with Crippen molar-refractivity contribution in [2.24, 2.45) is 19.8 Å². The van der Waals surface area contributed by atoms with E-state index in [2.05, 4.69) is 4.98 Å². The van der Waals surface area contributed by atoms with E-state index < -0.39 is 29.0 Å². The first-order chi connectivity index (χ1) is 15.5. The van der Waals surface area contributed by atoms with Gasteiger partial charge < -0.3 is 25.4 Å². The Kier molecular flexibility index (Phi) is 5.72. The lowest BCUT2D eigenvalue weighted by Gasteiger charge is -2.34. The molecule has 4 N–H and O–H groups in total. The van der Waals surface area contributed by atoms with Gasteiger partial charge >= 0.3 is 5.69 Å². The Balaban J connectivity index is 1.83. The average molecular weight is 457 g/mol. The number of hydrogen-bond donors (Lipinski definition) is 3. The van der Waals surface area contributed by atoms with Crippen molar-refractivity contribution in [3.05, 3.63) is 62.6 Å². The summed E-state index contributed by atoms with van der Waals surface area (Å²) in [4.78, 5) is 44.3. The van der Waals surface area contributed by atoms with E-state index in [1.54, 1.807) is 25.1 Å². The van der Waals surface area contributed by atoms with E-state index in [0.29, 0.717) is 5.56 Å². The number of aliphatic hydroxyl groups is 2. The number of hydrogen-bond acceptors (Lipinski definition) is 7. The molecule has 0 aliphatic carbocycles. The number of imidazole rings is 1. The summed E-state index contributed by atoms with van der Waals surface area (Å²) >= 11 is 0. The average Bonchev–Trinajstić information content (AvgIpc) is 3.17. The number of aryl methyl sites for hydroxylation is 1. The summed E-state index contributed by atoms with van der Waals surface area (Å²) in [6.45, 7) is 1.88. The lowest BCUT2D eigenvalue weighted by Crippen LogP contribution is -2.44. The molecule has 3 atom stereocenters. The van der Waals surface area contributed by atoms with Crippen LogP contribution in [0.1, 0.15) is 35.3 Å². The molecule has 33 heavy (non-hydrogen) atoms.